The van der Waals surface area contributed by atoms with Crippen molar-refractivity contribution in [2.75, 3.05) is 17.2 Å². The van der Waals surface area contributed by atoms with Crippen LogP contribution in [0.25, 0.3) is 0 Å². The van der Waals surface area contributed by atoms with Gasteiger partial charge in [0, 0.05) is 5.75 Å². The predicted molar refractivity (Wildman–Crippen MR) is 71.3 cm³/mol. The van der Waals surface area contributed by atoms with Crippen LogP contribution in [0.3, 0.4) is 0 Å². The fourth-order valence-corrected chi connectivity index (χ4v) is 2.23. The summed E-state index contributed by atoms with van der Waals surface area (Å²) < 4.78 is 0. The number of anilines is 3. The molecule has 0 fully saturated rings. The molecule has 5 nitrogen and oxygen atoms in total. The van der Waals surface area contributed by atoms with Gasteiger partial charge in [-0.15, -0.1) is 0 Å². The van der Waals surface area contributed by atoms with Crippen molar-refractivity contribution in [2.24, 2.45) is 0 Å². The summed E-state index contributed by atoms with van der Waals surface area (Å²) in [7, 11) is 0. The lowest BCUT2D eigenvalue weighted by atomic mass is 10.2. The standard InChI is InChI=1S/C11H13N5S/c12-8-9(13)15-11(14)16-10(8)17-6-7-4-2-1-3-5-7/h1-5H,6,12H2,(H4,13,14,15,16). The lowest BCUT2D eigenvalue weighted by Gasteiger charge is -2.07. The van der Waals surface area contributed by atoms with Crippen molar-refractivity contribution >= 4 is 29.2 Å². The minimum atomic E-state index is 0.146. The van der Waals surface area contributed by atoms with Gasteiger partial charge in [-0.1, -0.05) is 42.1 Å². The van der Waals surface area contributed by atoms with Crippen LogP contribution in [0.1, 0.15) is 5.56 Å². The Labute approximate surface area is 103 Å². The van der Waals surface area contributed by atoms with Crippen LogP contribution in [0.5, 0.6) is 0 Å². The van der Waals surface area contributed by atoms with Gasteiger partial charge in [-0.05, 0) is 5.56 Å². The molecule has 6 N–H and O–H groups in total. The molecular formula is C11H13N5S. The first-order valence-corrected chi connectivity index (χ1v) is 6.00. The van der Waals surface area contributed by atoms with Gasteiger partial charge >= 0.3 is 0 Å². The van der Waals surface area contributed by atoms with Crippen LogP contribution in [0, 0.1) is 0 Å². The van der Waals surface area contributed by atoms with Gasteiger partial charge in [0.05, 0.1) is 0 Å². The number of nitrogens with zero attached hydrogens (tertiary/aromatic N) is 2. The monoisotopic (exact) mass is 247 g/mol. The average molecular weight is 247 g/mol. The normalized spacial score (nSPS) is 10.4. The molecule has 1 aromatic carbocycles. The van der Waals surface area contributed by atoms with Crippen molar-refractivity contribution in [1.29, 1.82) is 0 Å². The first-order chi connectivity index (χ1) is 8.16. The zero-order chi connectivity index (χ0) is 12.3. The summed E-state index contributed by atoms with van der Waals surface area (Å²) in [6, 6.07) is 10.0. The molecule has 0 aliphatic heterocycles. The number of hydrogen-bond donors (Lipinski definition) is 3. The quantitative estimate of drug-likeness (QED) is 0.561. The molecule has 0 saturated heterocycles. The van der Waals surface area contributed by atoms with Gasteiger partial charge in [0.15, 0.2) is 5.82 Å². The minimum absolute atomic E-state index is 0.146. The highest BCUT2D eigenvalue weighted by atomic mass is 32.2. The molecule has 0 unspecified atom stereocenters. The third kappa shape index (κ3) is 2.79. The second kappa shape index (κ2) is 4.92. The van der Waals surface area contributed by atoms with Crippen LogP contribution in [0.2, 0.25) is 0 Å². The Kier molecular flexibility index (Phi) is 3.34. The maximum atomic E-state index is 5.79. The van der Waals surface area contributed by atoms with E-state index in [0.29, 0.717) is 10.7 Å². The van der Waals surface area contributed by atoms with Gasteiger partial charge < -0.3 is 17.2 Å². The summed E-state index contributed by atoms with van der Waals surface area (Å²) in [6.45, 7) is 0. The highest BCUT2D eigenvalue weighted by Crippen LogP contribution is 2.29. The number of nitrogens with two attached hydrogens (primary N) is 3. The Morgan fingerprint density at radius 2 is 1.71 bits per heavy atom. The van der Waals surface area contributed by atoms with Crippen molar-refractivity contribution < 1.29 is 0 Å². The molecule has 0 radical (unpaired) electrons. The Bertz CT molecular complexity index is 515. The molecular weight excluding hydrogens is 234 g/mol. The van der Waals surface area contributed by atoms with Crippen molar-refractivity contribution in [3.8, 4) is 0 Å². The highest BCUT2D eigenvalue weighted by Gasteiger charge is 2.08. The van der Waals surface area contributed by atoms with E-state index in [1.165, 1.54) is 17.3 Å². The molecule has 0 aliphatic carbocycles. The van der Waals surface area contributed by atoms with E-state index in [2.05, 4.69) is 9.97 Å². The first-order valence-electron chi connectivity index (χ1n) is 5.02. The van der Waals surface area contributed by atoms with Gasteiger partial charge in [0.1, 0.15) is 10.7 Å². The number of benzene rings is 1. The summed E-state index contributed by atoms with van der Waals surface area (Å²) >= 11 is 1.49. The van der Waals surface area contributed by atoms with Crippen LogP contribution in [0.15, 0.2) is 35.4 Å². The van der Waals surface area contributed by atoms with Crippen LogP contribution < -0.4 is 17.2 Å². The molecule has 1 aromatic heterocycles. The van der Waals surface area contributed by atoms with E-state index in [-0.39, 0.29) is 11.8 Å². The summed E-state index contributed by atoms with van der Waals surface area (Å²) in [6.07, 6.45) is 0. The Hall–Kier alpha value is -1.95. The number of aromatic nitrogens is 2. The van der Waals surface area contributed by atoms with Crippen molar-refractivity contribution in [3.05, 3.63) is 35.9 Å². The zero-order valence-corrected chi connectivity index (χ0v) is 9.95. The Morgan fingerprint density at radius 1 is 1.00 bits per heavy atom. The Balaban J connectivity index is 2.14. The maximum Gasteiger partial charge on any atom is 0.223 e. The largest absolute Gasteiger partial charge is 0.394 e. The molecule has 0 amide bonds. The predicted octanol–water partition coefficient (Wildman–Crippen LogP) is 1.52. The van der Waals surface area contributed by atoms with Gasteiger partial charge in [-0.25, -0.2) is 4.98 Å². The number of nitrogen functional groups attached to an aromatic ring is 3. The van der Waals surface area contributed by atoms with Crippen molar-refractivity contribution in [3.63, 3.8) is 0 Å². The maximum absolute atomic E-state index is 5.79. The second-order valence-electron chi connectivity index (χ2n) is 3.46. The molecule has 0 saturated carbocycles. The van der Waals surface area contributed by atoms with Gasteiger partial charge in [-0.2, -0.15) is 4.98 Å². The molecule has 6 heteroatoms. The first kappa shape index (κ1) is 11.5. The Morgan fingerprint density at radius 3 is 2.41 bits per heavy atom. The third-order valence-electron chi connectivity index (χ3n) is 2.18. The molecule has 0 atom stereocenters. The number of thioether (sulfide) groups is 1. The summed E-state index contributed by atoms with van der Waals surface area (Å²) in [4.78, 5) is 7.87. The molecule has 0 bridgehead atoms. The fourth-order valence-electron chi connectivity index (χ4n) is 1.32. The van der Waals surface area contributed by atoms with Gasteiger partial charge in [0.2, 0.25) is 5.95 Å². The second-order valence-corrected chi connectivity index (χ2v) is 4.42. The third-order valence-corrected chi connectivity index (χ3v) is 3.24. The van der Waals surface area contributed by atoms with E-state index >= 15 is 0 Å². The molecule has 17 heavy (non-hydrogen) atoms. The van der Waals surface area contributed by atoms with Crippen molar-refractivity contribution in [1.82, 2.24) is 9.97 Å². The van der Waals surface area contributed by atoms with Crippen molar-refractivity contribution in [2.45, 2.75) is 10.8 Å². The van der Waals surface area contributed by atoms with Gasteiger partial charge in [0.25, 0.3) is 0 Å². The van der Waals surface area contributed by atoms with E-state index in [9.17, 15) is 0 Å². The molecule has 88 valence electrons. The fraction of sp³-hybridized carbons (Fsp3) is 0.0909. The summed E-state index contributed by atoms with van der Waals surface area (Å²) in [5.41, 5.74) is 18.5. The van der Waals surface area contributed by atoms with E-state index < -0.39 is 0 Å². The highest BCUT2D eigenvalue weighted by molar-refractivity contribution is 7.98. The number of rotatable bonds is 3. The molecule has 2 rings (SSSR count). The lowest BCUT2D eigenvalue weighted by Crippen LogP contribution is -2.05. The molecule has 0 spiro atoms. The minimum Gasteiger partial charge on any atom is -0.394 e. The SMILES string of the molecule is Nc1nc(N)c(N)c(SCc2ccccc2)n1. The molecule has 2 aromatic rings. The topological polar surface area (TPSA) is 104 Å². The van der Waals surface area contributed by atoms with E-state index in [1.54, 1.807) is 0 Å². The molecule has 0 aliphatic rings. The van der Waals surface area contributed by atoms with Crippen LogP contribution >= 0.6 is 11.8 Å². The smallest absolute Gasteiger partial charge is 0.223 e. The van der Waals surface area contributed by atoms with Crippen LogP contribution in [-0.2, 0) is 5.75 Å². The van der Waals surface area contributed by atoms with Crippen LogP contribution in [-0.4, -0.2) is 9.97 Å². The van der Waals surface area contributed by atoms with E-state index in [4.69, 9.17) is 17.2 Å². The zero-order valence-electron chi connectivity index (χ0n) is 9.13. The number of hydrogen-bond acceptors (Lipinski definition) is 6. The van der Waals surface area contributed by atoms with Crippen LogP contribution in [0.4, 0.5) is 17.5 Å². The summed E-state index contributed by atoms with van der Waals surface area (Å²) in [5, 5.41) is 0.624. The van der Waals surface area contributed by atoms with E-state index in [0.717, 1.165) is 5.75 Å². The lowest BCUT2D eigenvalue weighted by molar-refractivity contribution is 1.08. The molecule has 1 heterocycles. The van der Waals surface area contributed by atoms with E-state index in [1.807, 2.05) is 30.3 Å². The average Bonchev–Trinajstić information content (AvgIpc) is 2.33. The summed E-state index contributed by atoms with van der Waals surface area (Å²) in [5.74, 6) is 1.14. The van der Waals surface area contributed by atoms with Gasteiger partial charge in [-0.3, -0.25) is 0 Å².